The molecule has 1 atom stereocenters. The maximum atomic E-state index is 12.9. The van der Waals surface area contributed by atoms with Crippen LogP contribution in [0.15, 0.2) is 54.6 Å². The van der Waals surface area contributed by atoms with Crippen molar-refractivity contribution in [2.75, 3.05) is 0 Å². The monoisotopic (exact) mass is 357 g/mol. The summed E-state index contributed by atoms with van der Waals surface area (Å²) in [5.74, 6) is -2.21. The molecule has 0 fully saturated rings. The largest absolute Gasteiger partial charge is 0.340 e. The summed E-state index contributed by atoms with van der Waals surface area (Å²) in [6.45, 7) is 3.52. The lowest BCUT2D eigenvalue weighted by molar-refractivity contribution is -0.124. The van der Waals surface area contributed by atoms with Crippen molar-refractivity contribution in [3.63, 3.8) is 0 Å². The topological polar surface area (TPSA) is 87.3 Å². The second kappa shape index (κ2) is 8.75. The minimum absolute atomic E-state index is 0.229. The molecule has 0 aliphatic rings. The van der Waals surface area contributed by atoms with Crippen molar-refractivity contribution in [3.05, 3.63) is 71.5 Å². The van der Waals surface area contributed by atoms with Gasteiger partial charge in [0, 0.05) is 11.1 Å². The van der Waals surface area contributed by atoms with E-state index in [1.54, 1.807) is 44.2 Å². The summed E-state index contributed by atoms with van der Waals surface area (Å²) < 4.78 is 12.9. The first-order valence-electron chi connectivity index (χ1n) is 8.10. The Morgan fingerprint density at radius 1 is 0.808 bits per heavy atom. The molecule has 0 aliphatic heterocycles. The summed E-state index contributed by atoms with van der Waals surface area (Å²) in [5, 5.41) is 2.59. The van der Waals surface area contributed by atoms with Gasteiger partial charge in [-0.25, -0.2) is 4.39 Å². The van der Waals surface area contributed by atoms with E-state index >= 15 is 0 Å². The van der Waals surface area contributed by atoms with E-state index < -0.39 is 29.6 Å². The Morgan fingerprint density at radius 3 is 1.96 bits per heavy atom. The molecule has 6 nitrogen and oxygen atoms in total. The number of nitrogens with one attached hydrogen (secondary N) is 3. The fraction of sp³-hybridized carbons (Fsp3) is 0.211. The Kier molecular flexibility index (Phi) is 6.43. The molecule has 26 heavy (non-hydrogen) atoms. The standard InChI is InChI=1S/C19H20FN3O3/c1-12(2)16(21-17(24)14-8-10-15(20)11-9-14)19(26)23-22-18(25)13-6-4-3-5-7-13/h3-12,16H,1-2H3,(H,21,24)(H,22,25)(H,23,26)/t16-/m0/s1. The van der Waals surface area contributed by atoms with Crippen molar-refractivity contribution in [2.24, 2.45) is 5.92 Å². The molecule has 0 saturated heterocycles. The maximum Gasteiger partial charge on any atom is 0.269 e. The minimum Gasteiger partial charge on any atom is -0.340 e. The number of hydrogen-bond acceptors (Lipinski definition) is 3. The van der Waals surface area contributed by atoms with Crippen LogP contribution in [0.3, 0.4) is 0 Å². The fourth-order valence-electron chi connectivity index (χ4n) is 2.22. The molecule has 0 spiro atoms. The minimum atomic E-state index is -0.872. The summed E-state index contributed by atoms with van der Waals surface area (Å²) in [7, 11) is 0. The van der Waals surface area contributed by atoms with Crippen molar-refractivity contribution in [2.45, 2.75) is 19.9 Å². The number of rotatable bonds is 5. The number of hydrogen-bond donors (Lipinski definition) is 3. The first-order valence-corrected chi connectivity index (χ1v) is 8.10. The van der Waals surface area contributed by atoms with Crippen LogP contribution in [-0.2, 0) is 4.79 Å². The van der Waals surface area contributed by atoms with E-state index in [4.69, 9.17) is 0 Å². The zero-order valence-electron chi connectivity index (χ0n) is 14.5. The predicted octanol–water partition coefficient (Wildman–Crippen LogP) is 2.04. The van der Waals surface area contributed by atoms with Crippen LogP contribution in [0.4, 0.5) is 4.39 Å². The third-order valence-corrected chi connectivity index (χ3v) is 3.68. The van der Waals surface area contributed by atoms with Gasteiger partial charge in [0.2, 0.25) is 0 Å². The molecule has 0 aromatic heterocycles. The lowest BCUT2D eigenvalue weighted by Gasteiger charge is -2.22. The number of carbonyl (C=O) groups excluding carboxylic acids is 3. The zero-order chi connectivity index (χ0) is 19.1. The summed E-state index contributed by atoms with van der Waals surface area (Å²) in [6, 6.07) is 12.5. The molecule has 0 aliphatic carbocycles. The number of hydrazine groups is 1. The first kappa shape index (κ1) is 19.1. The molecule has 3 amide bonds. The van der Waals surface area contributed by atoms with Gasteiger partial charge in [0.15, 0.2) is 0 Å². The summed E-state index contributed by atoms with van der Waals surface area (Å²) in [4.78, 5) is 36.5. The molecule has 0 unspecified atom stereocenters. The van der Waals surface area contributed by atoms with Crippen LogP contribution in [0, 0.1) is 11.7 Å². The maximum absolute atomic E-state index is 12.9. The Labute approximate surface area is 150 Å². The third-order valence-electron chi connectivity index (χ3n) is 3.68. The summed E-state index contributed by atoms with van der Waals surface area (Å²) >= 11 is 0. The summed E-state index contributed by atoms with van der Waals surface area (Å²) in [5.41, 5.74) is 5.26. The van der Waals surface area contributed by atoms with Gasteiger partial charge in [-0.15, -0.1) is 0 Å². The highest BCUT2D eigenvalue weighted by atomic mass is 19.1. The van der Waals surface area contributed by atoms with Crippen LogP contribution < -0.4 is 16.2 Å². The SMILES string of the molecule is CC(C)[C@H](NC(=O)c1ccc(F)cc1)C(=O)NNC(=O)c1ccccc1. The van der Waals surface area contributed by atoms with Gasteiger partial charge < -0.3 is 5.32 Å². The van der Waals surface area contributed by atoms with E-state index in [2.05, 4.69) is 16.2 Å². The lowest BCUT2D eigenvalue weighted by Crippen LogP contribution is -2.54. The second-order valence-corrected chi connectivity index (χ2v) is 6.01. The summed E-state index contributed by atoms with van der Waals surface area (Å²) in [6.07, 6.45) is 0. The van der Waals surface area contributed by atoms with Gasteiger partial charge in [0.05, 0.1) is 0 Å². The van der Waals surface area contributed by atoms with Gasteiger partial charge in [-0.05, 0) is 42.3 Å². The normalized spacial score (nSPS) is 11.5. The molecule has 2 aromatic rings. The van der Waals surface area contributed by atoms with Gasteiger partial charge in [-0.2, -0.15) is 0 Å². The Balaban J connectivity index is 1.97. The van der Waals surface area contributed by atoms with Crippen LogP contribution in [0.1, 0.15) is 34.6 Å². The van der Waals surface area contributed by atoms with Crippen LogP contribution in [0.2, 0.25) is 0 Å². The van der Waals surface area contributed by atoms with Crippen LogP contribution in [-0.4, -0.2) is 23.8 Å². The molecule has 0 heterocycles. The van der Waals surface area contributed by atoms with Crippen molar-refractivity contribution in [1.82, 2.24) is 16.2 Å². The van der Waals surface area contributed by atoms with Gasteiger partial charge in [-0.3, -0.25) is 25.2 Å². The molecular formula is C19H20FN3O3. The molecule has 7 heteroatoms. The predicted molar refractivity (Wildman–Crippen MR) is 94.5 cm³/mol. The third kappa shape index (κ3) is 5.14. The molecule has 0 bridgehead atoms. The Hall–Kier alpha value is -3.22. The quantitative estimate of drug-likeness (QED) is 0.716. The van der Waals surface area contributed by atoms with Crippen LogP contribution >= 0.6 is 0 Å². The first-order chi connectivity index (χ1) is 12.4. The number of amides is 3. The smallest absolute Gasteiger partial charge is 0.269 e. The molecule has 0 saturated carbocycles. The highest BCUT2D eigenvalue weighted by Crippen LogP contribution is 2.07. The Morgan fingerprint density at radius 2 is 1.38 bits per heavy atom. The van der Waals surface area contributed by atoms with Crippen molar-refractivity contribution in [3.8, 4) is 0 Å². The average molecular weight is 357 g/mol. The molecule has 3 N–H and O–H groups in total. The molecule has 0 radical (unpaired) electrons. The van der Waals surface area contributed by atoms with Gasteiger partial charge in [0.1, 0.15) is 11.9 Å². The zero-order valence-corrected chi connectivity index (χ0v) is 14.5. The van der Waals surface area contributed by atoms with Gasteiger partial charge in [0.25, 0.3) is 17.7 Å². The van der Waals surface area contributed by atoms with Gasteiger partial charge in [-0.1, -0.05) is 32.0 Å². The molecule has 2 rings (SSSR count). The molecule has 2 aromatic carbocycles. The number of carbonyl (C=O) groups is 3. The van der Waals surface area contributed by atoms with Crippen LogP contribution in [0.5, 0.6) is 0 Å². The highest BCUT2D eigenvalue weighted by Gasteiger charge is 2.25. The van der Waals surface area contributed by atoms with E-state index in [0.717, 1.165) is 0 Å². The second-order valence-electron chi connectivity index (χ2n) is 6.01. The van der Waals surface area contributed by atoms with Crippen molar-refractivity contribution >= 4 is 17.7 Å². The van der Waals surface area contributed by atoms with E-state index in [1.807, 2.05) is 0 Å². The molecule has 136 valence electrons. The van der Waals surface area contributed by atoms with E-state index in [0.29, 0.717) is 5.56 Å². The van der Waals surface area contributed by atoms with Gasteiger partial charge >= 0.3 is 0 Å². The van der Waals surface area contributed by atoms with Crippen molar-refractivity contribution in [1.29, 1.82) is 0 Å². The van der Waals surface area contributed by atoms with E-state index in [9.17, 15) is 18.8 Å². The average Bonchev–Trinajstić information content (AvgIpc) is 2.64. The van der Waals surface area contributed by atoms with Crippen molar-refractivity contribution < 1.29 is 18.8 Å². The van der Waals surface area contributed by atoms with E-state index in [-0.39, 0.29) is 11.5 Å². The Bertz CT molecular complexity index is 776. The fourth-order valence-corrected chi connectivity index (χ4v) is 2.22. The number of halogens is 1. The number of benzene rings is 2. The van der Waals surface area contributed by atoms with E-state index in [1.165, 1.54) is 24.3 Å². The van der Waals surface area contributed by atoms with Crippen LogP contribution in [0.25, 0.3) is 0 Å². The highest BCUT2D eigenvalue weighted by molar-refractivity contribution is 5.99. The molecular weight excluding hydrogens is 337 g/mol. The lowest BCUT2D eigenvalue weighted by atomic mass is 10.0.